The molecule has 4 rings (SSSR count). The maximum atomic E-state index is 13.1. The summed E-state index contributed by atoms with van der Waals surface area (Å²) < 4.78 is 1.40. The van der Waals surface area contributed by atoms with Crippen LogP contribution in [0.4, 0.5) is 10.8 Å². The standard InChI is InChI=1S/C19H19N7O4S/c1-12-16(22-23-25(12)14-5-2-6-15(10-14)26(29)30)18(28)24-8-3-4-13(11-24)17(27)21-19-20-7-9-31-19/h2,5-7,9-10,13H,3-4,8,11H2,1H3,(H,20,21,27). The van der Waals surface area contributed by atoms with Crippen molar-refractivity contribution in [1.29, 1.82) is 0 Å². The summed E-state index contributed by atoms with van der Waals surface area (Å²) in [7, 11) is 0. The van der Waals surface area contributed by atoms with E-state index in [1.165, 1.54) is 28.2 Å². The number of rotatable bonds is 5. The van der Waals surface area contributed by atoms with Gasteiger partial charge >= 0.3 is 0 Å². The molecule has 3 aromatic rings. The summed E-state index contributed by atoms with van der Waals surface area (Å²) >= 11 is 1.34. The van der Waals surface area contributed by atoms with E-state index in [0.717, 1.165) is 0 Å². The third kappa shape index (κ3) is 4.28. The number of piperidine rings is 1. The molecule has 160 valence electrons. The first-order valence-corrected chi connectivity index (χ1v) is 10.5. The number of anilines is 1. The number of hydrogen-bond donors (Lipinski definition) is 1. The number of nitro benzene ring substituents is 1. The van der Waals surface area contributed by atoms with Crippen LogP contribution >= 0.6 is 11.3 Å². The summed E-state index contributed by atoms with van der Waals surface area (Å²) in [6.45, 7) is 2.48. The highest BCUT2D eigenvalue weighted by Gasteiger charge is 2.31. The van der Waals surface area contributed by atoms with E-state index in [2.05, 4.69) is 20.6 Å². The van der Waals surface area contributed by atoms with Gasteiger partial charge < -0.3 is 10.2 Å². The Balaban J connectivity index is 1.50. The molecular weight excluding hydrogens is 422 g/mol. The Hall–Kier alpha value is -3.67. The Morgan fingerprint density at radius 1 is 1.35 bits per heavy atom. The van der Waals surface area contributed by atoms with Gasteiger partial charge in [0.05, 0.1) is 22.2 Å². The number of nitrogens with one attached hydrogen (secondary N) is 1. The maximum absolute atomic E-state index is 13.1. The average Bonchev–Trinajstić information content (AvgIpc) is 3.43. The average molecular weight is 441 g/mol. The van der Waals surface area contributed by atoms with Crippen LogP contribution in [0.3, 0.4) is 0 Å². The lowest BCUT2D eigenvalue weighted by Gasteiger charge is -2.31. The Morgan fingerprint density at radius 2 is 2.19 bits per heavy atom. The first-order chi connectivity index (χ1) is 14.9. The van der Waals surface area contributed by atoms with E-state index in [1.807, 2.05) is 0 Å². The zero-order valence-corrected chi connectivity index (χ0v) is 17.4. The van der Waals surface area contributed by atoms with E-state index >= 15 is 0 Å². The van der Waals surface area contributed by atoms with Crippen molar-refractivity contribution in [2.75, 3.05) is 18.4 Å². The van der Waals surface area contributed by atoms with Crippen LogP contribution in [0.5, 0.6) is 0 Å². The van der Waals surface area contributed by atoms with Crippen LogP contribution in [-0.2, 0) is 4.79 Å². The fraction of sp³-hybridized carbons (Fsp3) is 0.316. The van der Waals surface area contributed by atoms with Crippen LogP contribution < -0.4 is 5.32 Å². The Kier molecular flexibility index (Phi) is 5.71. The number of aromatic nitrogens is 4. The fourth-order valence-electron chi connectivity index (χ4n) is 3.53. The third-order valence-corrected chi connectivity index (χ3v) is 5.81. The van der Waals surface area contributed by atoms with Gasteiger partial charge in [0.15, 0.2) is 10.8 Å². The minimum absolute atomic E-state index is 0.0783. The number of thiazole rings is 1. The molecule has 2 aromatic heterocycles. The summed E-state index contributed by atoms with van der Waals surface area (Å²) in [5.74, 6) is -0.820. The van der Waals surface area contributed by atoms with Crippen molar-refractivity contribution in [2.24, 2.45) is 5.92 Å². The molecule has 11 nitrogen and oxygen atoms in total. The minimum atomic E-state index is -0.494. The van der Waals surface area contributed by atoms with E-state index in [9.17, 15) is 19.7 Å². The van der Waals surface area contributed by atoms with Crippen molar-refractivity contribution in [1.82, 2.24) is 24.9 Å². The van der Waals surface area contributed by atoms with Crippen LogP contribution in [0.25, 0.3) is 5.69 Å². The predicted octanol–water partition coefficient (Wildman–Crippen LogP) is 2.43. The van der Waals surface area contributed by atoms with Gasteiger partial charge in [-0.3, -0.25) is 19.7 Å². The summed E-state index contributed by atoms with van der Waals surface area (Å²) in [6, 6.07) is 5.96. The zero-order valence-electron chi connectivity index (χ0n) is 16.6. The SMILES string of the molecule is Cc1c(C(=O)N2CCCC(C(=O)Nc3nccs3)C2)nnn1-c1cccc([N+](=O)[O-])c1. The van der Waals surface area contributed by atoms with E-state index in [-0.39, 0.29) is 35.7 Å². The van der Waals surface area contributed by atoms with Crippen molar-refractivity contribution in [3.63, 3.8) is 0 Å². The van der Waals surface area contributed by atoms with Crippen molar-refractivity contribution >= 4 is 34.0 Å². The minimum Gasteiger partial charge on any atom is -0.336 e. The number of amides is 2. The molecule has 1 atom stereocenters. The molecule has 1 fully saturated rings. The van der Waals surface area contributed by atoms with Gasteiger partial charge in [-0.25, -0.2) is 9.67 Å². The molecule has 1 N–H and O–H groups in total. The molecular formula is C19H19N7O4S. The highest BCUT2D eigenvalue weighted by molar-refractivity contribution is 7.13. The molecule has 1 aromatic carbocycles. The molecule has 0 radical (unpaired) electrons. The predicted molar refractivity (Wildman–Crippen MR) is 112 cm³/mol. The first kappa shape index (κ1) is 20.6. The molecule has 1 unspecified atom stereocenters. The topological polar surface area (TPSA) is 136 Å². The third-order valence-electron chi connectivity index (χ3n) is 5.12. The summed E-state index contributed by atoms with van der Waals surface area (Å²) in [5, 5.41) is 24.2. The Morgan fingerprint density at radius 3 is 2.94 bits per heavy atom. The van der Waals surface area contributed by atoms with Crippen LogP contribution in [-0.4, -0.2) is 54.7 Å². The van der Waals surface area contributed by atoms with Gasteiger partial charge in [-0.15, -0.1) is 16.4 Å². The number of non-ortho nitro benzene ring substituents is 1. The van der Waals surface area contributed by atoms with Gasteiger partial charge in [-0.05, 0) is 25.8 Å². The number of hydrogen-bond acceptors (Lipinski definition) is 8. The number of carbonyl (C=O) groups excluding carboxylic acids is 2. The summed E-state index contributed by atoms with van der Waals surface area (Å²) in [6.07, 6.45) is 2.99. The van der Waals surface area contributed by atoms with E-state index < -0.39 is 4.92 Å². The number of nitrogens with zero attached hydrogens (tertiary/aromatic N) is 6. The van der Waals surface area contributed by atoms with Gasteiger partial charge in [-0.1, -0.05) is 11.3 Å². The van der Waals surface area contributed by atoms with Crippen molar-refractivity contribution in [2.45, 2.75) is 19.8 Å². The lowest BCUT2D eigenvalue weighted by atomic mass is 9.97. The van der Waals surface area contributed by atoms with Crippen LogP contribution in [0.15, 0.2) is 35.8 Å². The quantitative estimate of drug-likeness (QED) is 0.474. The monoisotopic (exact) mass is 441 g/mol. The zero-order chi connectivity index (χ0) is 22.0. The number of carbonyl (C=O) groups is 2. The van der Waals surface area contributed by atoms with Crippen LogP contribution in [0.2, 0.25) is 0 Å². The molecule has 3 heterocycles. The van der Waals surface area contributed by atoms with Gasteiger partial charge in [0.1, 0.15) is 0 Å². The second-order valence-electron chi connectivity index (χ2n) is 7.13. The van der Waals surface area contributed by atoms with E-state index in [4.69, 9.17) is 0 Å². The molecule has 0 bridgehead atoms. The molecule has 0 aliphatic carbocycles. The van der Waals surface area contributed by atoms with Gasteiger partial charge in [0.2, 0.25) is 5.91 Å². The Bertz CT molecular complexity index is 1130. The van der Waals surface area contributed by atoms with Crippen molar-refractivity contribution in [3.8, 4) is 5.69 Å². The Labute approximate surface area is 180 Å². The normalized spacial score (nSPS) is 16.2. The first-order valence-electron chi connectivity index (χ1n) is 9.61. The molecule has 2 amide bonds. The second kappa shape index (κ2) is 8.60. The van der Waals surface area contributed by atoms with E-state index in [1.54, 1.807) is 35.5 Å². The van der Waals surface area contributed by atoms with Crippen LogP contribution in [0, 0.1) is 23.0 Å². The van der Waals surface area contributed by atoms with Crippen molar-refractivity contribution in [3.05, 3.63) is 57.3 Å². The second-order valence-corrected chi connectivity index (χ2v) is 8.02. The molecule has 12 heteroatoms. The summed E-state index contributed by atoms with van der Waals surface area (Å²) in [5.41, 5.74) is 0.996. The summed E-state index contributed by atoms with van der Waals surface area (Å²) in [4.78, 5) is 41.8. The molecule has 31 heavy (non-hydrogen) atoms. The molecule has 1 saturated heterocycles. The fourth-order valence-corrected chi connectivity index (χ4v) is 4.06. The number of nitro groups is 1. The maximum Gasteiger partial charge on any atom is 0.276 e. The molecule has 0 spiro atoms. The number of benzene rings is 1. The smallest absolute Gasteiger partial charge is 0.276 e. The molecule has 1 aliphatic heterocycles. The molecule has 0 saturated carbocycles. The van der Waals surface area contributed by atoms with Gasteiger partial charge in [-0.2, -0.15) is 0 Å². The van der Waals surface area contributed by atoms with Crippen LogP contribution in [0.1, 0.15) is 29.0 Å². The highest BCUT2D eigenvalue weighted by Crippen LogP contribution is 2.23. The van der Waals surface area contributed by atoms with Gasteiger partial charge in [0, 0.05) is 36.8 Å². The van der Waals surface area contributed by atoms with E-state index in [0.29, 0.717) is 35.9 Å². The van der Waals surface area contributed by atoms with Gasteiger partial charge in [0.25, 0.3) is 11.6 Å². The van der Waals surface area contributed by atoms with Crippen molar-refractivity contribution < 1.29 is 14.5 Å². The largest absolute Gasteiger partial charge is 0.336 e. The lowest BCUT2D eigenvalue weighted by Crippen LogP contribution is -2.44. The molecule has 1 aliphatic rings. The lowest BCUT2D eigenvalue weighted by molar-refractivity contribution is -0.384. The number of likely N-dealkylation sites (tertiary alicyclic amines) is 1. The highest BCUT2D eigenvalue weighted by atomic mass is 32.1.